The Morgan fingerprint density at radius 3 is 2.70 bits per heavy atom. The zero-order valence-electron chi connectivity index (χ0n) is 11.4. The maximum absolute atomic E-state index is 11.7. The lowest BCUT2D eigenvalue weighted by atomic mass is 10.1. The number of methoxy groups -OCH3 is 1. The number of carbonyl (C=O) groups excluding carboxylic acids is 1. The van der Waals surface area contributed by atoms with Crippen LogP contribution in [0.15, 0.2) is 42.5 Å². The van der Waals surface area contributed by atoms with Crippen LogP contribution in [0.4, 0.5) is 5.69 Å². The van der Waals surface area contributed by atoms with Gasteiger partial charge in [-0.2, -0.15) is 0 Å². The van der Waals surface area contributed by atoms with Crippen LogP contribution in [0.25, 0.3) is 0 Å². The van der Waals surface area contributed by atoms with E-state index in [-0.39, 0.29) is 5.97 Å². The highest BCUT2D eigenvalue weighted by atomic mass is 35.5. The molecule has 0 saturated heterocycles. The number of hydrogen-bond donors (Lipinski definition) is 1. The van der Waals surface area contributed by atoms with E-state index in [2.05, 4.69) is 5.32 Å². The van der Waals surface area contributed by atoms with E-state index in [1.54, 1.807) is 6.07 Å². The summed E-state index contributed by atoms with van der Waals surface area (Å²) in [4.78, 5) is 11.7. The van der Waals surface area contributed by atoms with Gasteiger partial charge in [0.05, 0.1) is 12.7 Å². The van der Waals surface area contributed by atoms with E-state index in [1.807, 2.05) is 43.3 Å². The second-order valence-corrected chi connectivity index (χ2v) is 4.82. The molecule has 0 heterocycles. The van der Waals surface area contributed by atoms with E-state index in [1.165, 1.54) is 7.11 Å². The molecule has 0 amide bonds. The molecule has 0 aromatic heterocycles. The molecule has 0 aliphatic rings. The molecule has 2 rings (SSSR count). The van der Waals surface area contributed by atoms with Gasteiger partial charge in [0, 0.05) is 17.3 Å². The molecule has 2 aromatic rings. The van der Waals surface area contributed by atoms with Crippen LogP contribution < -0.4 is 5.32 Å². The molecule has 4 heteroatoms. The third kappa shape index (κ3) is 3.11. The highest BCUT2D eigenvalue weighted by Gasteiger charge is 2.11. The Balaban J connectivity index is 2.19. The normalized spacial score (nSPS) is 10.2. The van der Waals surface area contributed by atoms with Crippen LogP contribution >= 0.6 is 11.6 Å². The first kappa shape index (κ1) is 14.4. The van der Waals surface area contributed by atoms with Crippen molar-refractivity contribution < 1.29 is 9.53 Å². The van der Waals surface area contributed by atoms with Crippen molar-refractivity contribution >= 4 is 23.3 Å². The van der Waals surface area contributed by atoms with Crippen LogP contribution in [0.2, 0.25) is 5.02 Å². The number of halogens is 1. The molecule has 2 aromatic carbocycles. The molecule has 0 saturated carbocycles. The minimum atomic E-state index is -0.329. The van der Waals surface area contributed by atoms with Crippen LogP contribution in [-0.4, -0.2) is 13.1 Å². The fourth-order valence-corrected chi connectivity index (χ4v) is 2.15. The average molecular weight is 290 g/mol. The lowest BCUT2D eigenvalue weighted by Crippen LogP contribution is -2.09. The molecule has 0 radical (unpaired) electrons. The van der Waals surface area contributed by atoms with Crippen molar-refractivity contribution in [3.63, 3.8) is 0 Å². The molecule has 20 heavy (non-hydrogen) atoms. The Hall–Kier alpha value is -2.00. The number of esters is 1. The van der Waals surface area contributed by atoms with E-state index in [0.29, 0.717) is 12.1 Å². The summed E-state index contributed by atoms with van der Waals surface area (Å²) in [5, 5.41) is 4.02. The van der Waals surface area contributed by atoms with Crippen molar-refractivity contribution in [1.82, 2.24) is 0 Å². The molecule has 0 atom stereocenters. The topological polar surface area (TPSA) is 38.3 Å². The van der Waals surface area contributed by atoms with E-state index < -0.39 is 0 Å². The fraction of sp³-hybridized carbons (Fsp3) is 0.188. The maximum Gasteiger partial charge on any atom is 0.338 e. The second kappa shape index (κ2) is 6.44. The van der Waals surface area contributed by atoms with Gasteiger partial charge < -0.3 is 10.1 Å². The summed E-state index contributed by atoms with van der Waals surface area (Å²) >= 11 is 6.09. The number of benzene rings is 2. The van der Waals surface area contributed by atoms with Crippen molar-refractivity contribution in [1.29, 1.82) is 0 Å². The molecule has 0 bridgehead atoms. The zero-order valence-corrected chi connectivity index (χ0v) is 12.2. The smallest absolute Gasteiger partial charge is 0.338 e. The highest BCUT2D eigenvalue weighted by molar-refractivity contribution is 6.31. The van der Waals surface area contributed by atoms with Crippen molar-refractivity contribution in [3.05, 3.63) is 64.2 Å². The zero-order chi connectivity index (χ0) is 14.5. The molecule has 0 spiro atoms. The number of carbonyl (C=O) groups is 1. The maximum atomic E-state index is 11.7. The summed E-state index contributed by atoms with van der Waals surface area (Å²) in [5.74, 6) is -0.329. The Morgan fingerprint density at radius 1 is 1.20 bits per heavy atom. The predicted molar refractivity (Wildman–Crippen MR) is 81.3 cm³/mol. The van der Waals surface area contributed by atoms with Gasteiger partial charge in [-0.05, 0) is 36.2 Å². The molecule has 0 fully saturated rings. The first-order chi connectivity index (χ1) is 9.63. The largest absolute Gasteiger partial charge is 0.465 e. The van der Waals surface area contributed by atoms with Crippen LogP contribution in [0, 0.1) is 6.92 Å². The SMILES string of the molecule is COC(=O)c1ccccc1CNc1cccc(Cl)c1C. The third-order valence-electron chi connectivity index (χ3n) is 3.16. The van der Waals surface area contributed by atoms with E-state index in [0.717, 1.165) is 21.8 Å². The van der Waals surface area contributed by atoms with Gasteiger partial charge in [0.1, 0.15) is 0 Å². The van der Waals surface area contributed by atoms with Crippen LogP contribution in [-0.2, 0) is 11.3 Å². The standard InChI is InChI=1S/C16H16ClNO2/c1-11-14(17)8-5-9-15(11)18-10-12-6-3-4-7-13(12)16(19)20-2/h3-9,18H,10H2,1-2H3. The van der Waals surface area contributed by atoms with E-state index in [4.69, 9.17) is 16.3 Å². The molecular weight excluding hydrogens is 274 g/mol. The number of nitrogens with one attached hydrogen (secondary N) is 1. The average Bonchev–Trinajstić information content (AvgIpc) is 2.48. The third-order valence-corrected chi connectivity index (χ3v) is 3.57. The molecule has 104 valence electrons. The molecule has 0 aliphatic carbocycles. The Morgan fingerprint density at radius 2 is 1.95 bits per heavy atom. The van der Waals surface area contributed by atoms with Crippen LogP contribution in [0.5, 0.6) is 0 Å². The van der Waals surface area contributed by atoms with Gasteiger partial charge in [0.2, 0.25) is 0 Å². The summed E-state index contributed by atoms with van der Waals surface area (Å²) in [5.41, 5.74) is 3.41. The Labute approximate surface area is 123 Å². The lowest BCUT2D eigenvalue weighted by Gasteiger charge is -2.12. The number of hydrogen-bond acceptors (Lipinski definition) is 3. The summed E-state index contributed by atoms with van der Waals surface area (Å²) in [6, 6.07) is 13.1. The van der Waals surface area contributed by atoms with Crippen molar-refractivity contribution in [2.75, 3.05) is 12.4 Å². The van der Waals surface area contributed by atoms with Gasteiger partial charge in [-0.25, -0.2) is 4.79 Å². The van der Waals surface area contributed by atoms with Crippen molar-refractivity contribution in [2.45, 2.75) is 13.5 Å². The van der Waals surface area contributed by atoms with Gasteiger partial charge >= 0.3 is 5.97 Å². The summed E-state index contributed by atoms with van der Waals surface area (Å²) < 4.78 is 4.78. The van der Waals surface area contributed by atoms with Crippen molar-refractivity contribution in [2.24, 2.45) is 0 Å². The van der Waals surface area contributed by atoms with E-state index >= 15 is 0 Å². The fourth-order valence-electron chi connectivity index (χ4n) is 1.97. The monoisotopic (exact) mass is 289 g/mol. The van der Waals surface area contributed by atoms with Gasteiger partial charge in [-0.3, -0.25) is 0 Å². The van der Waals surface area contributed by atoms with Crippen molar-refractivity contribution in [3.8, 4) is 0 Å². The number of anilines is 1. The minimum Gasteiger partial charge on any atom is -0.465 e. The minimum absolute atomic E-state index is 0.329. The molecule has 0 aliphatic heterocycles. The van der Waals surface area contributed by atoms with Crippen LogP contribution in [0.3, 0.4) is 0 Å². The van der Waals surface area contributed by atoms with Gasteiger partial charge in [0.15, 0.2) is 0 Å². The lowest BCUT2D eigenvalue weighted by molar-refractivity contribution is 0.0599. The number of rotatable bonds is 4. The highest BCUT2D eigenvalue weighted by Crippen LogP contribution is 2.23. The van der Waals surface area contributed by atoms with Crippen LogP contribution in [0.1, 0.15) is 21.5 Å². The van der Waals surface area contributed by atoms with E-state index in [9.17, 15) is 4.79 Å². The quantitative estimate of drug-likeness (QED) is 0.863. The summed E-state index contributed by atoms with van der Waals surface area (Å²) in [6.45, 7) is 2.49. The molecular formula is C16H16ClNO2. The Kier molecular flexibility index (Phi) is 4.64. The molecule has 3 nitrogen and oxygen atoms in total. The molecule has 0 unspecified atom stereocenters. The number of ether oxygens (including phenoxy) is 1. The van der Waals surface area contributed by atoms with Gasteiger partial charge in [-0.1, -0.05) is 35.9 Å². The Bertz CT molecular complexity index is 626. The first-order valence-corrected chi connectivity index (χ1v) is 6.66. The van der Waals surface area contributed by atoms with Gasteiger partial charge in [-0.15, -0.1) is 0 Å². The first-order valence-electron chi connectivity index (χ1n) is 6.28. The predicted octanol–water partition coefficient (Wildman–Crippen LogP) is 4.05. The second-order valence-electron chi connectivity index (χ2n) is 4.41. The summed E-state index contributed by atoms with van der Waals surface area (Å²) in [7, 11) is 1.38. The van der Waals surface area contributed by atoms with Gasteiger partial charge in [0.25, 0.3) is 0 Å². The summed E-state index contributed by atoms with van der Waals surface area (Å²) in [6.07, 6.45) is 0. The molecule has 1 N–H and O–H groups in total.